The van der Waals surface area contributed by atoms with Gasteiger partial charge < -0.3 is 10.0 Å². The van der Waals surface area contributed by atoms with Crippen LogP contribution in [0, 0.1) is 5.92 Å². The number of nitrogens with zero attached hydrogens (tertiary/aromatic N) is 2. The number of hydrogen-bond acceptors (Lipinski definition) is 4. The molecule has 1 heterocycles. The van der Waals surface area contributed by atoms with Gasteiger partial charge in [0, 0.05) is 32.1 Å². The van der Waals surface area contributed by atoms with Gasteiger partial charge in [0.1, 0.15) is 0 Å². The van der Waals surface area contributed by atoms with E-state index in [2.05, 4.69) is 0 Å². The van der Waals surface area contributed by atoms with Gasteiger partial charge in [-0.3, -0.25) is 4.79 Å². The van der Waals surface area contributed by atoms with Crippen molar-refractivity contribution in [2.75, 3.05) is 20.1 Å². The molecule has 2 fully saturated rings. The summed E-state index contributed by atoms with van der Waals surface area (Å²) < 4.78 is 26.8. The predicted molar refractivity (Wildman–Crippen MR) is 95.3 cm³/mol. The molecule has 0 radical (unpaired) electrons. The summed E-state index contributed by atoms with van der Waals surface area (Å²) in [5, 5.41) is 8.92. The van der Waals surface area contributed by atoms with Crippen molar-refractivity contribution in [3.63, 3.8) is 0 Å². The van der Waals surface area contributed by atoms with Crippen LogP contribution < -0.4 is 0 Å². The summed E-state index contributed by atoms with van der Waals surface area (Å²) in [5.74, 6) is -1.09. The van der Waals surface area contributed by atoms with Gasteiger partial charge in [0.15, 0.2) is 0 Å². The second-order valence-electron chi connectivity index (χ2n) is 7.04. The average molecular weight is 380 g/mol. The summed E-state index contributed by atoms with van der Waals surface area (Å²) in [7, 11) is -1.82. The Morgan fingerprint density at radius 2 is 1.65 bits per heavy atom. The molecule has 8 heteroatoms. The Morgan fingerprint density at radius 3 is 2.12 bits per heavy atom. The smallest absolute Gasteiger partial charge is 0.335 e. The number of benzene rings is 1. The molecule has 1 saturated heterocycles. The molecule has 0 atom stereocenters. The number of rotatable bonds is 5. The number of carbonyl (C=O) groups excluding carboxylic acids is 1. The highest BCUT2D eigenvalue weighted by atomic mass is 32.2. The van der Waals surface area contributed by atoms with Crippen LogP contribution in [-0.4, -0.2) is 60.8 Å². The maximum Gasteiger partial charge on any atom is 0.335 e. The number of hydrogen-bond donors (Lipinski definition) is 1. The first-order valence-electron chi connectivity index (χ1n) is 8.91. The minimum absolute atomic E-state index is 0.0484. The van der Waals surface area contributed by atoms with E-state index in [0.717, 1.165) is 12.8 Å². The number of aromatic carboxylic acids is 1. The Balaban J connectivity index is 1.63. The summed E-state index contributed by atoms with van der Waals surface area (Å²) in [4.78, 5) is 25.4. The summed E-state index contributed by atoms with van der Waals surface area (Å²) >= 11 is 0. The first-order chi connectivity index (χ1) is 12.3. The Hall–Kier alpha value is -1.93. The van der Waals surface area contributed by atoms with Crippen LogP contribution in [0.3, 0.4) is 0 Å². The molecule has 1 N–H and O–H groups in total. The van der Waals surface area contributed by atoms with Crippen molar-refractivity contribution < 1.29 is 23.1 Å². The van der Waals surface area contributed by atoms with Crippen LogP contribution in [0.15, 0.2) is 29.2 Å². The summed E-state index contributed by atoms with van der Waals surface area (Å²) in [6, 6.07) is 5.57. The number of carbonyl (C=O) groups is 2. The number of sulfonamides is 1. The fourth-order valence-electron chi connectivity index (χ4n) is 3.50. The van der Waals surface area contributed by atoms with E-state index >= 15 is 0 Å². The van der Waals surface area contributed by atoms with E-state index in [1.807, 2.05) is 11.9 Å². The SMILES string of the molecule is CN(C(=O)C1CCN(S(=O)(=O)c2ccc(C(=O)O)cc2)CC1)C1CCC1. The van der Waals surface area contributed by atoms with Gasteiger partial charge in [-0.2, -0.15) is 4.31 Å². The lowest BCUT2D eigenvalue weighted by molar-refractivity contribution is -0.139. The molecule has 3 rings (SSSR count). The molecule has 1 aliphatic carbocycles. The second kappa shape index (κ2) is 7.36. The summed E-state index contributed by atoms with van der Waals surface area (Å²) in [6.45, 7) is 0.607. The molecule has 0 bridgehead atoms. The third-order valence-corrected chi connectivity index (χ3v) is 7.43. The fourth-order valence-corrected chi connectivity index (χ4v) is 4.97. The van der Waals surface area contributed by atoms with E-state index in [9.17, 15) is 18.0 Å². The van der Waals surface area contributed by atoms with E-state index < -0.39 is 16.0 Å². The molecule has 26 heavy (non-hydrogen) atoms. The normalized spacial score (nSPS) is 19.7. The first-order valence-corrected chi connectivity index (χ1v) is 10.3. The van der Waals surface area contributed by atoms with Crippen LogP contribution >= 0.6 is 0 Å². The van der Waals surface area contributed by atoms with Crippen LogP contribution in [0.25, 0.3) is 0 Å². The molecule has 0 spiro atoms. The van der Waals surface area contributed by atoms with E-state index in [1.165, 1.54) is 35.0 Å². The average Bonchev–Trinajstić information content (AvgIpc) is 2.59. The molecular weight excluding hydrogens is 356 g/mol. The quantitative estimate of drug-likeness (QED) is 0.840. The Morgan fingerprint density at radius 1 is 1.08 bits per heavy atom. The van der Waals surface area contributed by atoms with Crippen molar-refractivity contribution in [2.24, 2.45) is 5.92 Å². The molecule has 1 aromatic carbocycles. The van der Waals surface area contributed by atoms with Gasteiger partial charge in [0.05, 0.1) is 10.5 Å². The van der Waals surface area contributed by atoms with E-state index in [1.54, 1.807) is 0 Å². The fraction of sp³-hybridized carbons (Fsp3) is 0.556. The predicted octanol–water partition coefficient (Wildman–Crippen LogP) is 1.80. The van der Waals surface area contributed by atoms with Crippen LogP contribution in [0.1, 0.15) is 42.5 Å². The van der Waals surface area contributed by atoms with Crippen LogP contribution in [-0.2, 0) is 14.8 Å². The van der Waals surface area contributed by atoms with E-state index in [0.29, 0.717) is 32.0 Å². The molecular formula is C18H24N2O5S. The highest BCUT2D eigenvalue weighted by Crippen LogP contribution is 2.29. The molecule has 1 saturated carbocycles. The maximum absolute atomic E-state index is 12.7. The van der Waals surface area contributed by atoms with Gasteiger partial charge in [-0.25, -0.2) is 13.2 Å². The van der Waals surface area contributed by atoms with Gasteiger partial charge in [-0.05, 0) is 56.4 Å². The minimum atomic E-state index is -3.67. The molecule has 7 nitrogen and oxygen atoms in total. The lowest BCUT2D eigenvalue weighted by Crippen LogP contribution is -2.47. The molecule has 1 amide bonds. The summed E-state index contributed by atoms with van der Waals surface area (Å²) in [5.41, 5.74) is 0.0484. The number of amides is 1. The zero-order valence-corrected chi connectivity index (χ0v) is 15.6. The van der Waals surface area contributed by atoms with Crippen LogP contribution in [0.4, 0.5) is 0 Å². The van der Waals surface area contributed by atoms with Gasteiger partial charge in [-0.1, -0.05) is 0 Å². The minimum Gasteiger partial charge on any atom is -0.478 e. The zero-order chi connectivity index (χ0) is 18.9. The van der Waals surface area contributed by atoms with Crippen molar-refractivity contribution in [2.45, 2.75) is 43.0 Å². The van der Waals surface area contributed by atoms with Crippen LogP contribution in [0.2, 0.25) is 0 Å². The second-order valence-corrected chi connectivity index (χ2v) is 8.98. The molecule has 1 aliphatic heterocycles. The molecule has 0 unspecified atom stereocenters. The Labute approximate surface area is 153 Å². The monoisotopic (exact) mass is 380 g/mol. The first kappa shape index (κ1) is 18.8. The van der Waals surface area contributed by atoms with Gasteiger partial charge in [0.25, 0.3) is 0 Å². The zero-order valence-electron chi connectivity index (χ0n) is 14.8. The number of piperidine rings is 1. The topological polar surface area (TPSA) is 95.0 Å². The van der Waals surface area contributed by atoms with Crippen LogP contribution in [0.5, 0.6) is 0 Å². The van der Waals surface area contributed by atoms with Crippen molar-refractivity contribution in [3.8, 4) is 0 Å². The maximum atomic E-state index is 12.7. The molecule has 0 aromatic heterocycles. The highest BCUT2D eigenvalue weighted by molar-refractivity contribution is 7.89. The van der Waals surface area contributed by atoms with E-state index in [4.69, 9.17) is 5.11 Å². The third kappa shape index (κ3) is 3.61. The van der Waals surface area contributed by atoms with Crippen molar-refractivity contribution in [1.82, 2.24) is 9.21 Å². The summed E-state index contributed by atoms with van der Waals surface area (Å²) in [6.07, 6.45) is 4.31. The Kier molecular flexibility index (Phi) is 5.34. The lowest BCUT2D eigenvalue weighted by Gasteiger charge is -2.38. The lowest BCUT2D eigenvalue weighted by atomic mass is 9.89. The number of carboxylic acid groups (broad SMARTS) is 1. The molecule has 1 aromatic rings. The van der Waals surface area contributed by atoms with Gasteiger partial charge in [0.2, 0.25) is 15.9 Å². The Bertz CT molecular complexity index is 778. The standard InChI is InChI=1S/C18H24N2O5S/c1-19(15-3-2-4-15)17(21)13-9-11-20(12-10-13)26(24,25)16-7-5-14(6-8-16)18(22)23/h5-8,13,15H,2-4,9-12H2,1H3,(H,22,23). The van der Waals surface area contributed by atoms with Gasteiger partial charge in [-0.15, -0.1) is 0 Å². The largest absolute Gasteiger partial charge is 0.478 e. The molecule has 2 aliphatic rings. The van der Waals surface area contributed by atoms with Crippen molar-refractivity contribution >= 4 is 21.9 Å². The molecule has 142 valence electrons. The van der Waals surface area contributed by atoms with Gasteiger partial charge >= 0.3 is 5.97 Å². The van der Waals surface area contributed by atoms with Crippen molar-refractivity contribution in [1.29, 1.82) is 0 Å². The third-order valence-electron chi connectivity index (χ3n) is 5.51. The number of carboxylic acids is 1. The van der Waals surface area contributed by atoms with E-state index in [-0.39, 0.29) is 22.3 Å². The highest BCUT2D eigenvalue weighted by Gasteiger charge is 2.35. The van der Waals surface area contributed by atoms with Crippen molar-refractivity contribution in [3.05, 3.63) is 29.8 Å².